The van der Waals surface area contributed by atoms with Gasteiger partial charge in [-0.25, -0.2) is 14.2 Å². The molecular formula is C19H24FN5O2. The lowest BCUT2D eigenvalue weighted by molar-refractivity contribution is 0.208. The van der Waals surface area contributed by atoms with Crippen molar-refractivity contribution in [2.24, 2.45) is 0 Å². The number of hydrogen-bond acceptors (Lipinski definition) is 5. The Morgan fingerprint density at radius 2 is 2.00 bits per heavy atom. The van der Waals surface area contributed by atoms with E-state index in [1.165, 1.54) is 12.1 Å². The minimum absolute atomic E-state index is 0.230. The first kappa shape index (κ1) is 18.9. The zero-order chi connectivity index (χ0) is 19.2. The van der Waals surface area contributed by atoms with E-state index in [0.717, 1.165) is 12.2 Å². The first-order valence-corrected chi connectivity index (χ1v) is 9.10. The number of amides is 2. The summed E-state index contributed by atoms with van der Waals surface area (Å²) in [4.78, 5) is 25.0. The summed E-state index contributed by atoms with van der Waals surface area (Å²) in [5.74, 6) is 1.66. The van der Waals surface area contributed by atoms with Crippen molar-refractivity contribution in [2.75, 3.05) is 43.0 Å². The van der Waals surface area contributed by atoms with E-state index in [9.17, 15) is 9.18 Å². The summed E-state index contributed by atoms with van der Waals surface area (Å²) in [6.45, 7) is 6.91. The largest absolute Gasteiger partial charge is 0.478 e. The first-order chi connectivity index (χ1) is 13.0. The normalized spacial score (nSPS) is 14.2. The number of anilines is 2. The molecule has 0 atom stereocenters. The van der Waals surface area contributed by atoms with E-state index in [-0.39, 0.29) is 11.8 Å². The van der Waals surface area contributed by atoms with Gasteiger partial charge in [-0.15, -0.1) is 0 Å². The van der Waals surface area contributed by atoms with Crippen molar-refractivity contribution < 1.29 is 13.9 Å². The van der Waals surface area contributed by atoms with Crippen LogP contribution in [0, 0.1) is 12.7 Å². The van der Waals surface area contributed by atoms with Gasteiger partial charge in [-0.05, 0) is 31.5 Å². The van der Waals surface area contributed by atoms with Crippen molar-refractivity contribution in [2.45, 2.75) is 20.3 Å². The molecule has 1 aliphatic rings. The summed E-state index contributed by atoms with van der Waals surface area (Å²) in [7, 11) is 0. The second kappa shape index (κ2) is 8.66. The van der Waals surface area contributed by atoms with Gasteiger partial charge < -0.3 is 19.9 Å². The second-order valence-corrected chi connectivity index (χ2v) is 6.37. The third kappa shape index (κ3) is 5.06. The molecule has 1 fully saturated rings. The fraction of sp³-hybridized carbons (Fsp3) is 0.421. The number of halogens is 1. The zero-order valence-corrected chi connectivity index (χ0v) is 15.6. The lowest BCUT2D eigenvalue weighted by Crippen LogP contribution is -2.50. The van der Waals surface area contributed by atoms with Crippen molar-refractivity contribution in [3.63, 3.8) is 0 Å². The van der Waals surface area contributed by atoms with Crippen LogP contribution in [0.5, 0.6) is 5.88 Å². The van der Waals surface area contributed by atoms with Gasteiger partial charge in [0.1, 0.15) is 17.5 Å². The lowest BCUT2D eigenvalue weighted by atomic mass is 10.3. The van der Waals surface area contributed by atoms with E-state index < -0.39 is 0 Å². The molecular weight excluding hydrogens is 349 g/mol. The Morgan fingerprint density at radius 1 is 1.22 bits per heavy atom. The number of aromatic nitrogens is 2. The number of nitrogens with one attached hydrogen (secondary N) is 1. The molecule has 0 saturated carbocycles. The van der Waals surface area contributed by atoms with Crippen LogP contribution in [-0.4, -0.2) is 53.7 Å². The Hall–Kier alpha value is -2.90. The van der Waals surface area contributed by atoms with Crippen LogP contribution < -0.4 is 15.0 Å². The topological polar surface area (TPSA) is 70.6 Å². The number of aryl methyl sites for hydroxylation is 1. The van der Waals surface area contributed by atoms with Crippen LogP contribution in [0.4, 0.5) is 20.7 Å². The van der Waals surface area contributed by atoms with Crippen LogP contribution in [0.2, 0.25) is 0 Å². The molecule has 0 aliphatic carbocycles. The molecule has 8 heteroatoms. The van der Waals surface area contributed by atoms with Crippen LogP contribution >= 0.6 is 0 Å². The van der Waals surface area contributed by atoms with Crippen LogP contribution in [-0.2, 0) is 0 Å². The summed E-state index contributed by atoms with van der Waals surface area (Å²) >= 11 is 0. The number of rotatable bonds is 5. The number of hydrogen-bond donors (Lipinski definition) is 1. The minimum atomic E-state index is -0.377. The molecule has 1 saturated heterocycles. The summed E-state index contributed by atoms with van der Waals surface area (Å²) in [6, 6.07) is 7.49. The maximum Gasteiger partial charge on any atom is 0.321 e. The predicted molar refractivity (Wildman–Crippen MR) is 102 cm³/mol. The molecule has 1 N–H and O–H groups in total. The van der Waals surface area contributed by atoms with Crippen molar-refractivity contribution in [3.8, 4) is 5.88 Å². The third-order valence-electron chi connectivity index (χ3n) is 4.22. The highest BCUT2D eigenvalue weighted by Gasteiger charge is 2.22. The smallest absolute Gasteiger partial charge is 0.321 e. The Balaban J connectivity index is 1.58. The second-order valence-electron chi connectivity index (χ2n) is 6.37. The van der Waals surface area contributed by atoms with Gasteiger partial charge >= 0.3 is 6.03 Å². The monoisotopic (exact) mass is 373 g/mol. The zero-order valence-electron chi connectivity index (χ0n) is 15.6. The van der Waals surface area contributed by atoms with Crippen LogP contribution in [0.1, 0.15) is 19.2 Å². The van der Waals surface area contributed by atoms with Crippen LogP contribution in [0.3, 0.4) is 0 Å². The molecule has 3 rings (SSSR count). The highest BCUT2D eigenvalue weighted by Crippen LogP contribution is 2.20. The van der Waals surface area contributed by atoms with Gasteiger partial charge in [0, 0.05) is 37.9 Å². The minimum Gasteiger partial charge on any atom is -0.478 e. The SMILES string of the molecule is CCCOc1cc(N2CCN(C(=O)Nc3cccc(F)c3)CC2)nc(C)n1. The van der Waals surface area contributed by atoms with Crippen LogP contribution in [0.25, 0.3) is 0 Å². The third-order valence-corrected chi connectivity index (χ3v) is 4.22. The molecule has 0 unspecified atom stereocenters. The molecule has 1 aliphatic heterocycles. The van der Waals surface area contributed by atoms with E-state index in [1.54, 1.807) is 17.0 Å². The highest BCUT2D eigenvalue weighted by atomic mass is 19.1. The molecule has 0 spiro atoms. The average Bonchev–Trinajstić information content (AvgIpc) is 2.66. The molecule has 1 aromatic heterocycles. The molecule has 0 bridgehead atoms. The Kier molecular flexibility index (Phi) is 6.05. The van der Waals surface area contributed by atoms with Gasteiger partial charge in [-0.2, -0.15) is 4.98 Å². The van der Waals surface area contributed by atoms with E-state index in [2.05, 4.69) is 20.2 Å². The van der Waals surface area contributed by atoms with Gasteiger partial charge in [0.05, 0.1) is 6.61 Å². The van der Waals surface area contributed by atoms with Gasteiger partial charge in [0.25, 0.3) is 0 Å². The quantitative estimate of drug-likeness (QED) is 0.872. The number of nitrogens with zero attached hydrogens (tertiary/aromatic N) is 4. The summed E-state index contributed by atoms with van der Waals surface area (Å²) in [6.07, 6.45) is 0.914. The summed E-state index contributed by atoms with van der Waals surface area (Å²) < 4.78 is 18.9. The Morgan fingerprint density at radius 3 is 2.70 bits per heavy atom. The standard InChI is InChI=1S/C19H24FN5O2/c1-3-11-27-18-13-17(21-14(2)22-18)24-7-9-25(10-8-24)19(26)23-16-6-4-5-15(20)12-16/h4-6,12-13H,3,7-11H2,1-2H3,(H,23,26). The molecule has 2 heterocycles. The summed E-state index contributed by atoms with van der Waals surface area (Å²) in [5.41, 5.74) is 0.451. The molecule has 2 amide bonds. The predicted octanol–water partition coefficient (Wildman–Crippen LogP) is 3.07. The summed E-state index contributed by atoms with van der Waals surface area (Å²) in [5, 5.41) is 2.73. The maximum absolute atomic E-state index is 13.2. The van der Waals surface area contributed by atoms with Gasteiger partial charge in [-0.3, -0.25) is 0 Å². The van der Waals surface area contributed by atoms with E-state index in [1.807, 2.05) is 19.9 Å². The number of ether oxygens (including phenoxy) is 1. The van der Waals surface area contributed by atoms with Gasteiger partial charge in [0.15, 0.2) is 0 Å². The number of carbonyl (C=O) groups is 1. The van der Waals surface area contributed by atoms with Crippen LogP contribution in [0.15, 0.2) is 30.3 Å². The fourth-order valence-corrected chi connectivity index (χ4v) is 2.88. The fourth-order valence-electron chi connectivity index (χ4n) is 2.88. The number of urea groups is 1. The molecule has 7 nitrogen and oxygen atoms in total. The molecule has 27 heavy (non-hydrogen) atoms. The average molecular weight is 373 g/mol. The first-order valence-electron chi connectivity index (χ1n) is 9.10. The van der Waals surface area contributed by atoms with E-state index >= 15 is 0 Å². The van der Waals surface area contributed by atoms with Gasteiger partial charge in [0.2, 0.25) is 5.88 Å². The lowest BCUT2D eigenvalue weighted by Gasteiger charge is -2.35. The van der Waals surface area contributed by atoms with E-state index in [0.29, 0.717) is 50.2 Å². The molecule has 1 aromatic carbocycles. The van der Waals surface area contributed by atoms with Gasteiger partial charge in [-0.1, -0.05) is 13.0 Å². The molecule has 2 aromatic rings. The number of carbonyl (C=O) groups excluding carboxylic acids is 1. The Bertz CT molecular complexity index is 793. The molecule has 0 radical (unpaired) electrons. The number of piperazine rings is 1. The maximum atomic E-state index is 13.2. The van der Waals surface area contributed by atoms with Crippen molar-refractivity contribution in [1.82, 2.24) is 14.9 Å². The van der Waals surface area contributed by atoms with Crippen molar-refractivity contribution >= 4 is 17.5 Å². The van der Waals surface area contributed by atoms with E-state index in [4.69, 9.17) is 4.74 Å². The van der Waals surface area contributed by atoms with Crippen molar-refractivity contribution in [3.05, 3.63) is 42.0 Å². The van der Waals surface area contributed by atoms with Crippen molar-refractivity contribution in [1.29, 1.82) is 0 Å². The molecule has 144 valence electrons. The highest BCUT2D eigenvalue weighted by molar-refractivity contribution is 5.89. The Labute approximate surface area is 158 Å². The number of benzene rings is 1.